The van der Waals surface area contributed by atoms with Gasteiger partial charge in [-0.2, -0.15) is 0 Å². The van der Waals surface area contributed by atoms with Crippen LogP contribution < -0.4 is 4.90 Å². The molecule has 0 unspecified atom stereocenters. The third-order valence-corrected chi connectivity index (χ3v) is 4.35. The van der Waals surface area contributed by atoms with Crippen molar-refractivity contribution in [3.8, 4) is 0 Å². The molecule has 0 bridgehead atoms. The lowest BCUT2D eigenvalue weighted by Gasteiger charge is -2.39. The molecule has 0 saturated carbocycles. The Morgan fingerprint density at radius 2 is 1.67 bits per heavy atom. The minimum Gasteiger partial charge on any atom is -0.325 e. The van der Waals surface area contributed by atoms with Gasteiger partial charge in [0.15, 0.2) is 0 Å². The number of piperazine rings is 1. The maximum atomic E-state index is 13.0. The van der Waals surface area contributed by atoms with Gasteiger partial charge in [-0.1, -0.05) is 17.7 Å². The molecule has 2 aromatic rings. The van der Waals surface area contributed by atoms with Gasteiger partial charge in [-0.15, -0.1) is 0 Å². The van der Waals surface area contributed by atoms with E-state index in [1.165, 1.54) is 24.3 Å². The van der Waals surface area contributed by atoms with Crippen molar-refractivity contribution in [2.75, 3.05) is 18.0 Å². The number of halogens is 1. The molecule has 0 N–H and O–H groups in total. The first-order chi connectivity index (χ1) is 11.5. The highest BCUT2D eigenvalue weighted by Crippen LogP contribution is 2.22. The molecule has 24 heavy (non-hydrogen) atoms. The van der Waals surface area contributed by atoms with E-state index in [1.54, 1.807) is 16.7 Å². The molecule has 1 atom stereocenters. The zero-order valence-electron chi connectivity index (χ0n) is 13.7. The number of carbonyl (C=O) groups is 2. The maximum Gasteiger partial charge on any atom is 0.254 e. The molecule has 3 rings (SSSR count). The SMILES string of the molecule is Cc1ccc(N2CCN(C(=O)c3ccc(F)cc3)[C@@H](C)C2=O)cc1. The van der Waals surface area contributed by atoms with Gasteiger partial charge < -0.3 is 9.80 Å². The molecule has 1 saturated heterocycles. The van der Waals surface area contributed by atoms with Crippen LogP contribution in [0.15, 0.2) is 48.5 Å². The van der Waals surface area contributed by atoms with E-state index < -0.39 is 6.04 Å². The number of rotatable bonds is 2. The number of benzene rings is 2. The lowest BCUT2D eigenvalue weighted by atomic mass is 10.1. The lowest BCUT2D eigenvalue weighted by Crippen LogP contribution is -2.57. The summed E-state index contributed by atoms with van der Waals surface area (Å²) in [5.74, 6) is -0.750. The predicted molar refractivity (Wildman–Crippen MR) is 90.4 cm³/mol. The fraction of sp³-hybridized carbons (Fsp3) is 0.263. The van der Waals surface area contributed by atoms with Crippen LogP contribution in [0.25, 0.3) is 0 Å². The Balaban J connectivity index is 1.78. The highest BCUT2D eigenvalue weighted by Gasteiger charge is 2.35. The summed E-state index contributed by atoms with van der Waals surface area (Å²) >= 11 is 0. The molecule has 0 spiro atoms. The van der Waals surface area contributed by atoms with Gasteiger partial charge in [0.05, 0.1) is 0 Å². The molecule has 1 fully saturated rings. The number of hydrogen-bond donors (Lipinski definition) is 0. The topological polar surface area (TPSA) is 40.6 Å². The van der Waals surface area contributed by atoms with E-state index in [1.807, 2.05) is 31.2 Å². The number of hydrogen-bond acceptors (Lipinski definition) is 2. The van der Waals surface area contributed by atoms with Crippen LogP contribution in [0.3, 0.4) is 0 Å². The molecule has 1 aliphatic rings. The van der Waals surface area contributed by atoms with Gasteiger partial charge in [0.25, 0.3) is 5.91 Å². The standard InChI is InChI=1S/C19H19FN2O2/c1-13-3-9-17(10-4-13)22-12-11-21(14(2)18(22)23)19(24)15-5-7-16(20)8-6-15/h3-10,14H,11-12H2,1-2H3/t14-/m0/s1. The molecule has 1 aliphatic heterocycles. The number of amides is 2. The van der Waals surface area contributed by atoms with Gasteiger partial charge >= 0.3 is 0 Å². The van der Waals surface area contributed by atoms with Crippen LogP contribution in [0.5, 0.6) is 0 Å². The molecule has 2 amide bonds. The van der Waals surface area contributed by atoms with Crippen LogP contribution >= 0.6 is 0 Å². The number of carbonyl (C=O) groups excluding carboxylic acids is 2. The van der Waals surface area contributed by atoms with Gasteiger partial charge in [0, 0.05) is 24.3 Å². The van der Waals surface area contributed by atoms with Crippen LogP contribution in [0, 0.1) is 12.7 Å². The van der Waals surface area contributed by atoms with Crippen LogP contribution in [0.2, 0.25) is 0 Å². The molecule has 124 valence electrons. The summed E-state index contributed by atoms with van der Waals surface area (Å²) in [5.41, 5.74) is 2.36. The Hall–Kier alpha value is -2.69. The van der Waals surface area contributed by atoms with Crippen LogP contribution in [-0.2, 0) is 4.79 Å². The van der Waals surface area contributed by atoms with Crippen LogP contribution in [0.4, 0.5) is 10.1 Å². The van der Waals surface area contributed by atoms with Gasteiger partial charge in [-0.05, 0) is 50.2 Å². The minimum atomic E-state index is -0.558. The Morgan fingerprint density at radius 3 is 2.29 bits per heavy atom. The molecule has 1 heterocycles. The fourth-order valence-corrected chi connectivity index (χ4v) is 2.89. The first-order valence-corrected chi connectivity index (χ1v) is 7.92. The van der Waals surface area contributed by atoms with Crippen molar-refractivity contribution < 1.29 is 14.0 Å². The van der Waals surface area contributed by atoms with Crippen molar-refractivity contribution >= 4 is 17.5 Å². The monoisotopic (exact) mass is 326 g/mol. The summed E-state index contributed by atoms with van der Waals surface area (Å²) in [5, 5.41) is 0. The van der Waals surface area contributed by atoms with E-state index >= 15 is 0 Å². The molecular weight excluding hydrogens is 307 g/mol. The quantitative estimate of drug-likeness (QED) is 0.851. The van der Waals surface area contributed by atoms with Gasteiger partial charge in [0.2, 0.25) is 5.91 Å². The third-order valence-electron chi connectivity index (χ3n) is 4.35. The highest BCUT2D eigenvalue weighted by atomic mass is 19.1. The average molecular weight is 326 g/mol. The van der Waals surface area contributed by atoms with E-state index in [-0.39, 0.29) is 17.6 Å². The predicted octanol–water partition coefficient (Wildman–Crippen LogP) is 3.01. The summed E-state index contributed by atoms with van der Waals surface area (Å²) in [6.07, 6.45) is 0. The van der Waals surface area contributed by atoms with Gasteiger partial charge in [-0.3, -0.25) is 9.59 Å². The maximum absolute atomic E-state index is 13.0. The van der Waals surface area contributed by atoms with Crippen molar-refractivity contribution in [2.24, 2.45) is 0 Å². The van der Waals surface area contributed by atoms with E-state index in [9.17, 15) is 14.0 Å². The Labute approximate surface area is 140 Å². The minimum absolute atomic E-state index is 0.111. The summed E-state index contributed by atoms with van der Waals surface area (Å²) in [7, 11) is 0. The van der Waals surface area contributed by atoms with Gasteiger partial charge in [-0.25, -0.2) is 4.39 Å². The second-order valence-corrected chi connectivity index (χ2v) is 6.01. The van der Waals surface area contributed by atoms with E-state index in [4.69, 9.17) is 0 Å². The summed E-state index contributed by atoms with van der Waals surface area (Å²) < 4.78 is 13.0. The van der Waals surface area contributed by atoms with Crippen molar-refractivity contribution in [1.29, 1.82) is 0 Å². The zero-order chi connectivity index (χ0) is 17.3. The lowest BCUT2D eigenvalue weighted by molar-refractivity contribution is -0.124. The average Bonchev–Trinajstić information content (AvgIpc) is 2.58. The molecule has 0 radical (unpaired) electrons. The number of nitrogens with zero attached hydrogens (tertiary/aromatic N) is 2. The molecular formula is C19H19FN2O2. The summed E-state index contributed by atoms with van der Waals surface area (Å²) in [4.78, 5) is 28.5. The van der Waals surface area contributed by atoms with Crippen molar-refractivity contribution in [2.45, 2.75) is 19.9 Å². The Bertz CT molecular complexity index is 756. The van der Waals surface area contributed by atoms with E-state index in [2.05, 4.69) is 0 Å². The van der Waals surface area contributed by atoms with Crippen molar-refractivity contribution in [1.82, 2.24) is 4.90 Å². The molecule has 5 heteroatoms. The summed E-state index contributed by atoms with van der Waals surface area (Å²) in [6.45, 7) is 4.60. The molecule has 0 aromatic heterocycles. The van der Waals surface area contributed by atoms with Crippen LogP contribution in [0.1, 0.15) is 22.8 Å². The second kappa shape index (κ2) is 6.43. The first kappa shape index (κ1) is 16.2. The first-order valence-electron chi connectivity index (χ1n) is 7.92. The Morgan fingerprint density at radius 1 is 1.04 bits per heavy atom. The fourth-order valence-electron chi connectivity index (χ4n) is 2.89. The third kappa shape index (κ3) is 3.02. The normalized spacial score (nSPS) is 18.0. The smallest absolute Gasteiger partial charge is 0.254 e. The van der Waals surface area contributed by atoms with E-state index in [0.29, 0.717) is 18.7 Å². The largest absolute Gasteiger partial charge is 0.325 e. The molecule has 2 aromatic carbocycles. The highest BCUT2D eigenvalue weighted by molar-refractivity contribution is 6.03. The van der Waals surface area contributed by atoms with E-state index in [0.717, 1.165) is 11.3 Å². The molecule has 0 aliphatic carbocycles. The van der Waals surface area contributed by atoms with Crippen molar-refractivity contribution in [3.63, 3.8) is 0 Å². The zero-order valence-corrected chi connectivity index (χ0v) is 13.7. The molecule has 4 nitrogen and oxygen atoms in total. The number of anilines is 1. The summed E-state index contributed by atoms with van der Waals surface area (Å²) in [6, 6.07) is 12.6. The van der Waals surface area contributed by atoms with Gasteiger partial charge in [0.1, 0.15) is 11.9 Å². The number of aryl methyl sites for hydroxylation is 1. The Kier molecular flexibility index (Phi) is 4.34. The van der Waals surface area contributed by atoms with Crippen molar-refractivity contribution in [3.05, 3.63) is 65.5 Å². The van der Waals surface area contributed by atoms with Crippen LogP contribution in [-0.4, -0.2) is 35.8 Å². The second-order valence-electron chi connectivity index (χ2n) is 6.01.